The third kappa shape index (κ3) is 2.41. The van der Waals surface area contributed by atoms with Crippen LogP contribution in [-0.2, 0) is 5.54 Å². The highest BCUT2D eigenvalue weighted by molar-refractivity contribution is 5.37. The Labute approximate surface area is 113 Å². The average Bonchev–Trinajstić information content (AvgIpc) is 2.88. The highest BCUT2D eigenvalue weighted by Gasteiger charge is 2.30. The van der Waals surface area contributed by atoms with Gasteiger partial charge in [0.1, 0.15) is 11.9 Å². The molecular weight excluding hydrogens is 241 g/mol. The molecule has 2 rings (SSSR count). The molecule has 0 unspecified atom stereocenters. The number of halogens is 1. The summed E-state index contributed by atoms with van der Waals surface area (Å²) < 4.78 is 13.4. The maximum atomic E-state index is 13.4. The monoisotopic (exact) mass is 259 g/mol. The fourth-order valence-corrected chi connectivity index (χ4v) is 2.19. The Bertz CT molecular complexity index is 543. The number of benzene rings is 1. The fourth-order valence-electron chi connectivity index (χ4n) is 2.19. The van der Waals surface area contributed by atoms with Crippen molar-refractivity contribution in [1.29, 1.82) is 5.26 Å². The summed E-state index contributed by atoms with van der Waals surface area (Å²) in [6.07, 6.45) is 4.09. The Kier molecular flexibility index (Phi) is 3.48. The highest BCUT2D eigenvalue weighted by atomic mass is 19.1. The van der Waals surface area contributed by atoms with E-state index in [9.17, 15) is 4.39 Å². The van der Waals surface area contributed by atoms with Crippen molar-refractivity contribution >= 4 is 0 Å². The Morgan fingerprint density at radius 1 is 1.37 bits per heavy atom. The predicted octanol–water partition coefficient (Wildman–Crippen LogP) is 3.00. The van der Waals surface area contributed by atoms with E-state index in [0.29, 0.717) is 0 Å². The highest BCUT2D eigenvalue weighted by Crippen LogP contribution is 2.31. The van der Waals surface area contributed by atoms with E-state index >= 15 is 0 Å². The molecule has 1 heterocycles. The molecule has 0 saturated carbocycles. The number of rotatable bonds is 3. The second-order valence-electron chi connectivity index (χ2n) is 5.18. The van der Waals surface area contributed by atoms with Crippen LogP contribution in [-0.4, -0.2) is 23.0 Å². The van der Waals surface area contributed by atoms with Gasteiger partial charge in [-0.1, -0.05) is 6.07 Å². The molecular formula is C15H18FN3. The summed E-state index contributed by atoms with van der Waals surface area (Å²) in [5.74, 6) is -0.464. The van der Waals surface area contributed by atoms with E-state index in [-0.39, 0.29) is 11.1 Å². The summed E-state index contributed by atoms with van der Waals surface area (Å²) >= 11 is 0. The molecule has 0 saturated heterocycles. The lowest BCUT2D eigenvalue weighted by atomic mass is 9.91. The van der Waals surface area contributed by atoms with Crippen molar-refractivity contribution in [3.05, 3.63) is 47.5 Å². The first-order chi connectivity index (χ1) is 8.98. The largest absolute Gasteiger partial charge is 0.359 e. The van der Waals surface area contributed by atoms with Crippen LogP contribution in [0.25, 0.3) is 0 Å². The van der Waals surface area contributed by atoms with Crippen molar-refractivity contribution in [2.45, 2.75) is 26.3 Å². The summed E-state index contributed by atoms with van der Waals surface area (Å²) in [6, 6.07) is 6.65. The molecule has 0 spiro atoms. The summed E-state index contributed by atoms with van der Waals surface area (Å²) in [4.78, 5) is 4.38. The SMILES string of the molecule is CCN1C=CN(C(C)(C)c2ccc(F)c(C#N)c2)C1. The van der Waals surface area contributed by atoms with Gasteiger partial charge in [0.2, 0.25) is 0 Å². The van der Waals surface area contributed by atoms with Gasteiger partial charge in [0.15, 0.2) is 0 Å². The van der Waals surface area contributed by atoms with Gasteiger partial charge in [-0.15, -0.1) is 0 Å². The third-order valence-electron chi connectivity index (χ3n) is 3.71. The second-order valence-corrected chi connectivity index (χ2v) is 5.18. The zero-order valence-corrected chi connectivity index (χ0v) is 11.5. The van der Waals surface area contributed by atoms with Crippen LogP contribution < -0.4 is 0 Å². The lowest BCUT2D eigenvalue weighted by Gasteiger charge is -2.37. The Balaban J connectivity index is 2.30. The molecule has 3 nitrogen and oxygen atoms in total. The molecule has 1 aromatic rings. The molecule has 0 amide bonds. The van der Waals surface area contributed by atoms with Gasteiger partial charge in [-0.2, -0.15) is 5.26 Å². The van der Waals surface area contributed by atoms with Gasteiger partial charge < -0.3 is 9.80 Å². The normalized spacial score (nSPS) is 14.9. The van der Waals surface area contributed by atoms with E-state index in [1.807, 2.05) is 12.3 Å². The van der Waals surface area contributed by atoms with Crippen LogP contribution >= 0.6 is 0 Å². The van der Waals surface area contributed by atoms with E-state index < -0.39 is 5.82 Å². The van der Waals surface area contributed by atoms with Crippen LogP contribution in [0.2, 0.25) is 0 Å². The van der Waals surface area contributed by atoms with Gasteiger partial charge in [-0.25, -0.2) is 4.39 Å². The van der Waals surface area contributed by atoms with E-state index in [2.05, 4.69) is 36.8 Å². The molecule has 100 valence electrons. The standard InChI is InChI=1S/C15H18FN3/c1-4-18-7-8-19(11-18)15(2,3)13-5-6-14(16)12(9-13)10-17/h5-9H,4,11H2,1-3H3. The van der Waals surface area contributed by atoms with Crippen molar-refractivity contribution in [2.24, 2.45) is 0 Å². The molecule has 0 aromatic heterocycles. The van der Waals surface area contributed by atoms with Crippen molar-refractivity contribution < 1.29 is 4.39 Å². The van der Waals surface area contributed by atoms with Crippen LogP contribution in [0.15, 0.2) is 30.6 Å². The first-order valence-electron chi connectivity index (χ1n) is 6.38. The Morgan fingerprint density at radius 3 is 2.68 bits per heavy atom. The van der Waals surface area contributed by atoms with Crippen LogP contribution in [0.4, 0.5) is 4.39 Å². The van der Waals surface area contributed by atoms with Crippen molar-refractivity contribution in [3.63, 3.8) is 0 Å². The van der Waals surface area contributed by atoms with Gasteiger partial charge in [0.25, 0.3) is 0 Å². The van der Waals surface area contributed by atoms with E-state index in [4.69, 9.17) is 5.26 Å². The molecule has 4 heteroatoms. The number of nitriles is 1. The first-order valence-corrected chi connectivity index (χ1v) is 6.38. The van der Waals surface area contributed by atoms with Gasteiger partial charge in [0, 0.05) is 18.9 Å². The maximum absolute atomic E-state index is 13.4. The summed E-state index contributed by atoms with van der Waals surface area (Å²) in [7, 11) is 0. The molecule has 0 radical (unpaired) electrons. The summed E-state index contributed by atoms with van der Waals surface area (Å²) in [6.45, 7) is 8.01. The van der Waals surface area contributed by atoms with Crippen molar-refractivity contribution in [1.82, 2.24) is 9.80 Å². The van der Waals surface area contributed by atoms with Crippen LogP contribution in [0.3, 0.4) is 0 Å². The quantitative estimate of drug-likeness (QED) is 0.836. The minimum Gasteiger partial charge on any atom is -0.359 e. The summed E-state index contributed by atoms with van der Waals surface area (Å²) in [5.41, 5.74) is 0.758. The molecule has 0 bridgehead atoms. The molecule has 19 heavy (non-hydrogen) atoms. The van der Waals surface area contributed by atoms with E-state index in [0.717, 1.165) is 18.8 Å². The zero-order valence-electron chi connectivity index (χ0n) is 11.5. The van der Waals surface area contributed by atoms with Crippen LogP contribution in [0.5, 0.6) is 0 Å². The number of nitrogens with zero attached hydrogens (tertiary/aromatic N) is 3. The predicted molar refractivity (Wildman–Crippen MR) is 72.4 cm³/mol. The lowest BCUT2D eigenvalue weighted by Crippen LogP contribution is -2.39. The minimum absolute atomic E-state index is 0.0982. The zero-order chi connectivity index (χ0) is 14.0. The summed E-state index contributed by atoms with van der Waals surface area (Å²) in [5, 5.41) is 8.93. The van der Waals surface area contributed by atoms with Gasteiger partial charge in [0.05, 0.1) is 17.8 Å². The average molecular weight is 259 g/mol. The fraction of sp³-hybridized carbons (Fsp3) is 0.400. The number of hydrogen-bond donors (Lipinski definition) is 0. The molecule has 1 aliphatic rings. The maximum Gasteiger partial charge on any atom is 0.140 e. The molecule has 0 aliphatic carbocycles. The lowest BCUT2D eigenvalue weighted by molar-refractivity contribution is 0.148. The van der Waals surface area contributed by atoms with Crippen molar-refractivity contribution in [3.8, 4) is 6.07 Å². The number of hydrogen-bond acceptors (Lipinski definition) is 3. The third-order valence-corrected chi connectivity index (χ3v) is 3.71. The van der Waals surface area contributed by atoms with E-state index in [1.165, 1.54) is 6.07 Å². The molecule has 1 aliphatic heterocycles. The van der Waals surface area contributed by atoms with Gasteiger partial charge in [-0.05, 0) is 38.5 Å². The van der Waals surface area contributed by atoms with E-state index in [1.54, 1.807) is 12.1 Å². The Hall–Kier alpha value is -2.02. The molecule has 0 atom stereocenters. The first kappa shape index (κ1) is 13.4. The smallest absolute Gasteiger partial charge is 0.140 e. The van der Waals surface area contributed by atoms with Crippen LogP contribution in [0, 0.1) is 17.1 Å². The Morgan fingerprint density at radius 2 is 2.11 bits per heavy atom. The van der Waals surface area contributed by atoms with Crippen molar-refractivity contribution in [2.75, 3.05) is 13.2 Å². The molecule has 0 fully saturated rings. The minimum atomic E-state index is -0.464. The molecule has 1 aromatic carbocycles. The second kappa shape index (κ2) is 4.93. The van der Waals surface area contributed by atoms with Gasteiger partial charge in [-0.3, -0.25) is 0 Å². The molecule has 0 N–H and O–H groups in total. The topological polar surface area (TPSA) is 30.3 Å². The van der Waals surface area contributed by atoms with Gasteiger partial charge >= 0.3 is 0 Å². The van der Waals surface area contributed by atoms with Crippen LogP contribution in [0.1, 0.15) is 31.9 Å².